The molecule has 1 aliphatic heterocycles. The Balaban J connectivity index is 1.49. The number of nitrogens with zero attached hydrogens (tertiary/aromatic N) is 2. The zero-order valence-corrected chi connectivity index (χ0v) is 15.7. The van der Waals surface area contributed by atoms with Crippen molar-refractivity contribution in [2.75, 3.05) is 25.1 Å². The van der Waals surface area contributed by atoms with E-state index in [1.54, 1.807) is 11.3 Å². The number of hydrogen-bond donors (Lipinski definition) is 0. The summed E-state index contributed by atoms with van der Waals surface area (Å²) >= 11 is 1.72. The van der Waals surface area contributed by atoms with Crippen LogP contribution in [0.25, 0.3) is 0 Å². The zero-order valence-electron chi connectivity index (χ0n) is 14.0. The molecule has 0 unspecified atom stereocenters. The van der Waals surface area contributed by atoms with Gasteiger partial charge in [0.25, 0.3) is 0 Å². The van der Waals surface area contributed by atoms with Gasteiger partial charge in [-0.25, -0.2) is 13.4 Å². The van der Waals surface area contributed by atoms with Gasteiger partial charge in [0, 0.05) is 24.6 Å². The van der Waals surface area contributed by atoms with Crippen molar-refractivity contribution in [3.63, 3.8) is 0 Å². The van der Waals surface area contributed by atoms with Crippen molar-refractivity contribution in [1.29, 1.82) is 0 Å². The quantitative estimate of drug-likeness (QED) is 0.791. The van der Waals surface area contributed by atoms with Gasteiger partial charge in [0.2, 0.25) is 0 Å². The molecule has 1 fully saturated rings. The lowest BCUT2D eigenvalue weighted by Gasteiger charge is -2.31. The zero-order chi connectivity index (χ0) is 17.0. The lowest BCUT2D eigenvalue weighted by molar-refractivity contribution is 0.184. The summed E-state index contributed by atoms with van der Waals surface area (Å²) in [6, 6.07) is 10.4. The van der Waals surface area contributed by atoms with Crippen LogP contribution in [0.2, 0.25) is 0 Å². The van der Waals surface area contributed by atoms with Gasteiger partial charge in [-0.2, -0.15) is 0 Å². The maximum atomic E-state index is 11.4. The molecule has 0 atom stereocenters. The van der Waals surface area contributed by atoms with Crippen LogP contribution in [-0.4, -0.2) is 43.4 Å². The number of hydrogen-bond acceptors (Lipinski definition) is 5. The van der Waals surface area contributed by atoms with E-state index in [1.807, 2.05) is 6.07 Å². The number of thiazole rings is 1. The Morgan fingerprint density at radius 3 is 2.58 bits per heavy atom. The molecule has 0 bridgehead atoms. The predicted octanol–water partition coefficient (Wildman–Crippen LogP) is 2.99. The molecule has 24 heavy (non-hydrogen) atoms. The third kappa shape index (κ3) is 5.40. The summed E-state index contributed by atoms with van der Waals surface area (Å²) in [5.41, 5.74) is 2.42. The second kappa shape index (κ2) is 7.76. The van der Waals surface area contributed by atoms with Gasteiger partial charge in [0.15, 0.2) is 0 Å². The van der Waals surface area contributed by atoms with Crippen LogP contribution in [0.15, 0.2) is 35.7 Å². The molecular weight excluding hydrogens is 340 g/mol. The van der Waals surface area contributed by atoms with E-state index in [2.05, 4.69) is 34.5 Å². The Morgan fingerprint density at radius 2 is 1.92 bits per heavy atom. The summed E-state index contributed by atoms with van der Waals surface area (Å²) in [7, 11) is -2.86. The van der Waals surface area contributed by atoms with Gasteiger partial charge < -0.3 is 0 Å². The van der Waals surface area contributed by atoms with E-state index in [0.29, 0.717) is 11.7 Å². The van der Waals surface area contributed by atoms with Crippen LogP contribution in [0.4, 0.5) is 0 Å². The number of likely N-dealkylation sites (tertiary alicyclic amines) is 1. The SMILES string of the molecule is CS(=O)(=O)CC1CCN(Cc2csc(Cc3ccccc3)n2)CC1. The van der Waals surface area contributed by atoms with E-state index in [1.165, 1.54) is 11.8 Å². The van der Waals surface area contributed by atoms with Gasteiger partial charge >= 0.3 is 0 Å². The number of benzene rings is 1. The van der Waals surface area contributed by atoms with E-state index >= 15 is 0 Å². The molecule has 0 N–H and O–H groups in total. The van der Waals surface area contributed by atoms with E-state index in [9.17, 15) is 8.42 Å². The van der Waals surface area contributed by atoms with E-state index in [0.717, 1.165) is 49.6 Å². The molecule has 2 aromatic rings. The maximum absolute atomic E-state index is 11.4. The highest BCUT2D eigenvalue weighted by molar-refractivity contribution is 7.90. The molecule has 1 aliphatic rings. The highest BCUT2D eigenvalue weighted by Crippen LogP contribution is 2.21. The average Bonchev–Trinajstić information content (AvgIpc) is 2.96. The number of aromatic nitrogens is 1. The minimum Gasteiger partial charge on any atom is -0.297 e. The first-order chi connectivity index (χ1) is 11.5. The molecule has 0 radical (unpaired) electrons. The third-order valence-corrected chi connectivity index (χ3v) is 6.40. The van der Waals surface area contributed by atoms with Crippen LogP contribution in [0.5, 0.6) is 0 Å². The van der Waals surface area contributed by atoms with Crippen LogP contribution in [-0.2, 0) is 22.8 Å². The summed E-state index contributed by atoms with van der Waals surface area (Å²) < 4.78 is 22.8. The molecule has 130 valence electrons. The van der Waals surface area contributed by atoms with E-state index in [4.69, 9.17) is 4.98 Å². The molecule has 4 nitrogen and oxygen atoms in total. The number of rotatable bonds is 6. The summed E-state index contributed by atoms with van der Waals surface area (Å²) in [5.74, 6) is 0.652. The Hall–Kier alpha value is -1.24. The van der Waals surface area contributed by atoms with Gasteiger partial charge in [-0.15, -0.1) is 11.3 Å². The predicted molar refractivity (Wildman–Crippen MR) is 99.1 cm³/mol. The minimum atomic E-state index is -2.86. The molecule has 1 aromatic heterocycles. The van der Waals surface area contributed by atoms with Gasteiger partial charge in [-0.1, -0.05) is 30.3 Å². The van der Waals surface area contributed by atoms with Crippen molar-refractivity contribution < 1.29 is 8.42 Å². The van der Waals surface area contributed by atoms with Crippen molar-refractivity contribution in [2.24, 2.45) is 5.92 Å². The Labute approximate surface area is 148 Å². The fraction of sp³-hybridized carbons (Fsp3) is 0.500. The maximum Gasteiger partial charge on any atom is 0.147 e. The number of sulfone groups is 1. The van der Waals surface area contributed by atoms with E-state index < -0.39 is 9.84 Å². The average molecular weight is 365 g/mol. The molecule has 0 amide bonds. The summed E-state index contributed by atoms with van der Waals surface area (Å²) in [5, 5.41) is 3.31. The first-order valence-electron chi connectivity index (χ1n) is 8.35. The van der Waals surface area contributed by atoms with Gasteiger partial charge in [-0.05, 0) is 37.4 Å². The fourth-order valence-corrected chi connectivity index (χ4v) is 5.25. The second-order valence-electron chi connectivity index (χ2n) is 6.71. The van der Waals surface area contributed by atoms with Crippen molar-refractivity contribution in [1.82, 2.24) is 9.88 Å². The summed E-state index contributed by atoms with van der Waals surface area (Å²) in [4.78, 5) is 7.15. The van der Waals surface area contributed by atoms with Gasteiger partial charge in [0.1, 0.15) is 9.84 Å². The molecular formula is C18H24N2O2S2. The van der Waals surface area contributed by atoms with Crippen LogP contribution < -0.4 is 0 Å². The van der Waals surface area contributed by atoms with Crippen LogP contribution >= 0.6 is 11.3 Å². The third-order valence-electron chi connectivity index (χ3n) is 4.43. The van der Waals surface area contributed by atoms with Crippen LogP contribution in [0, 0.1) is 5.92 Å². The highest BCUT2D eigenvalue weighted by atomic mass is 32.2. The Morgan fingerprint density at radius 1 is 1.21 bits per heavy atom. The second-order valence-corrected chi connectivity index (χ2v) is 9.83. The lowest BCUT2D eigenvalue weighted by Crippen LogP contribution is -2.35. The van der Waals surface area contributed by atoms with Crippen LogP contribution in [0.1, 0.15) is 29.1 Å². The lowest BCUT2D eigenvalue weighted by atomic mass is 9.99. The first kappa shape index (κ1) is 17.6. The highest BCUT2D eigenvalue weighted by Gasteiger charge is 2.22. The smallest absolute Gasteiger partial charge is 0.147 e. The molecule has 6 heteroatoms. The van der Waals surface area contributed by atoms with Crippen molar-refractivity contribution >= 4 is 21.2 Å². The van der Waals surface area contributed by atoms with E-state index in [-0.39, 0.29) is 0 Å². The van der Waals surface area contributed by atoms with Crippen molar-refractivity contribution in [3.8, 4) is 0 Å². The number of piperidine rings is 1. The van der Waals surface area contributed by atoms with Crippen LogP contribution in [0.3, 0.4) is 0 Å². The monoisotopic (exact) mass is 364 g/mol. The topological polar surface area (TPSA) is 50.3 Å². The minimum absolute atomic E-state index is 0.320. The molecule has 1 aromatic carbocycles. The van der Waals surface area contributed by atoms with Crippen molar-refractivity contribution in [3.05, 3.63) is 52.0 Å². The summed E-state index contributed by atoms with van der Waals surface area (Å²) in [6.45, 7) is 2.80. The molecule has 0 spiro atoms. The largest absolute Gasteiger partial charge is 0.297 e. The molecule has 3 rings (SSSR count). The summed E-state index contributed by atoms with van der Waals surface area (Å²) in [6.07, 6.45) is 4.16. The van der Waals surface area contributed by atoms with Crippen molar-refractivity contribution in [2.45, 2.75) is 25.8 Å². The van der Waals surface area contributed by atoms with Gasteiger partial charge in [-0.3, -0.25) is 4.90 Å². The molecule has 1 saturated heterocycles. The van der Waals surface area contributed by atoms with Gasteiger partial charge in [0.05, 0.1) is 16.5 Å². The fourth-order valence-electron chi connectivity index (χ4n) is 3.24. The molecule has 0 saturated carbocycles. The molecule has 0 aliphatic carbocycles. The normalized spacial score (nSPS) is 17.2. The molecule has 2 heterocycles. The Bertz CT molecular complexity index is 748. The first-order valence-corrected chi connectivity index (χ1v) is 11.3. The Kier molecular flexibility index (Phi) is 5.69. The standard InChI is InChI=1S/C18H24N2O2S2/c1-24(21,22)14-16-7-9-20(10-8-16)12-17-13-23-18(19-17)11-15-5-3-2-4-6-15/h2-6,13,16H,7-12,14H2,1H3.